The van der Waals surface area contributed by atoms with Gasteiger partial charge in [0.1, 0.15) is 0 Å². The first-order valence-corrected chi connectivity index (χ1v) is 4.63. The summed E-state index contributed by atoms with van der Waals surface area (Å²) < 4.78 is 0. The van der Waals surface area contributed by atoms with E-state index in [9.17, 15) is 4.79 Å². The Morgan fingerprint density at radius 3 is 2.50 bits per heavy atom. The molecule has 0 aromatic carbocycles. The number of hydrogen-bond acceptors (Lipinski definition) is 2. The van der Waals surface area contributed by atoms with E-state index in [1.807, 2.05) is 19.9 Å². The molecule has 0 radical (unpaired) electrons. The van der Waals surface area contributed by atoms with Gasteiger partial charge in [-0.1, -0.05) is 0 Å². The second kappa shape index (κ2) is 3.27. The van der Waals surface area contributed by atoms with E-state index in [1.54, 1.807) is 18.3 Å². The summed E-state index contributed by atoms with van der Waals surface area (Å²) in [6, 6.07) is 1.96. The first-order valence-electron chi connectivity index (χ1n) is 3.82. The van der Waals surface area contributed by atoms with Crippen molar-refractivity contribution in [1.82, 2.24) is 0 Å². The Morgan fingerprint density at radius 2 is 2.17 bits per heavy atom. The van der Waals surface area contributed by atoms with Crippen LogP contribution in [0.1, 0.15) is 28.2 Å². The maximum Gasteiger partial charge on any atom is 0.310 e. The fourth-order valence-corrected chi connectivity index (χ4v) is 2.24. The van der Waals surface area contributed by atoms with Crippen molar-refractivity contribution in [2.75, 3.05) is 0 Å². The van der Waals surface area contributed by atoms with E-state index in [1.165, 1.54) is 4.88 Å². The largest absolute Gasteiger partial charge is 0.481 e. The topological polar surface area (TPSA) is 37.3 Å². The van der Waals surface area contributed by atoms with Crippen LogP contribution in [0.5, 0.6) is 0 Å². The highest BCUT2D eigenvalue weighted by atomic mass is 32.1. The molecule has 1 heterocycles. The number of aliphatic carboxylic acids is 1. The van der Waals surface area contributed by atoms with E-state index < -0.39 is 5.97 Å². The quantitative estimate of drug-likeness (QED) is 0.767. The second-order valence-corrected chi connectivity index (χ2v) is 4.39. The molecule has 12 heavy (non-hydrogen) atoms. The molecular weight excluding hydrogens is 172 g/mol. The number of hydrogen-bond donors (Lipinski definition) is 1. The molecule has 1 N–H and O–H groups in total. The van der Waals surface area contributed by atoms with Crippen molar-refractivity contribution in [1.29, 1.82) is 0 Å². The highest BCUT2D eigenvalue weighted by molar-refractivity contribution is 7.12. The number of rotatable bonds is 2. The molecule has 1 unspecified atom stereocenters. The van der Waals surface area contributed by atoms with E-state index >= 15 is 0 Å². The third-order valence-electron chi connectivity index (χ3n) is 1.92. The Hall–Kier alpha value is -0.830. The van der Waals surface area contributed by atoms with E-state index in [-0.39, 0.29) is 5.92 Å². The summed E-state index contributed by atoms with van der Waals surface area (Å²) >= 11 is 1.65. The SMILES string of the molecule is Cc1cc(C(C)C(=O)O)c(C)s1. The molecule has 66 valence electrons. The summed E-state index contributed by atoms with van der Waals surface area (Å²) in [5.41, 5.74) is 0.949. The molecule has 0 spiro atoms. The molecule has 0 amide bonds. The Balaban J connectivity index is 3.02. The Kier molecular flexibility index (Phi) is 2.52. The van der Waals surface area contributed by atoms with Crippen molar-refractivity contribution in [3.8, 4) is 0 Å². The van der Waals surface area contributed by atoms with Crippen LogP contribution >= 0.6 is 11.3 Å². The fraction of sp³-hybridized carbons (Fsp3) is 0.444. The van der Waals surface area contributed by atoms with Gasteiger partial charge in [0.15, 0.2) is 0 Å². The van der Waals surface area contributed by atoms with E-state index in [4.69, 9.17) is 5.11 Å². The van der Waals surface area contributed by atoms with Crippen molar-refractivity contribution < 1.29 is 9.90 Å². The number of aryl methyl sites for hydroxylation is 2. The number of carboxylic acids is 1. The van der Waals surface area contributed by atoms with Gasteiger partial charge in [0.25, 0.3) is 0 Å². The summed E-state index contributed by atoms with van der Waals surface area (Å²) in [6.45, 7) is 5.68. The lowest BCUT2D eigenvalue weighted by atomic mass is 10.0. The predicted molar refractivity (Wildman–Crippen MR) is 49.8 cm³/mol. The lowest BCUT2D eigenvalue weighted by molar-refractivity contribution is -0.138. The predicted octanol–water partition coefficient (Wildman–Crippen LogP) is 2.55. The summed E-state index contributed by atoms with van der Waals surface area (Å²) in [7, 11) is 0. The first-order chi connectivity index (χ1) is 5.52. The van der Waals surface area contributed by atoms with Crippen LogP contribution in [-0.4, -0.2) is 11.1 Å². The standard InChI is InChI=1S/C9H12O2S/c1-5-4-8(7(3)12-5)6(2)9(10)11/h4,6H,1-3H3,(H,10,11). The number of thiophene rings is 1. The molecule has 3 heteroatoms. The summed E-state index contributed by atoms with van der Waals surface area (Å²) in [6.07, 6.45) is 0. The zero-order chi connectivity index (χ0) is 9.30. The van der Waals surface area contributed by atoms with Gasteiger partial charge in [0.2, 0.25) is 0 Å². The van der Waals surface area contributed by atoms with Crippen LogP contribution in [-0.2, 0) is 4.79 Å². The lowest BCUT2D eigenvalue weighted by Crippen LogP contribution is -2.07. The molecule has 1 aromatic rings. The van der Waals surface area contributed by atoms with Gasteiger partial charge in [-0.25, -0.2) is 0 Å². The van der Waals surface area contributed by atoms with Crippen LogP contribution in [0.25, 0.3) is 0 Å². The van der Waals surface area contributed by atoms with Crippen LogP contribution in [0.4, 0.5) is 0 Å². The number of carbonyl (C=O) groups is 1. The van der Waals surface area contributed by atoms with Gasteiger partial charge >= 0.3 is 5.97 Å². The lowest BCUT2D eigenvalue weighted by Gasteiger charge is -2.03. The summed E-state index contributed by atoms with van der Waals surface area (Å²) in [4.78, 5) is 13.0. The van der Waals surface area contributed by atoms with Gasteiger partial charge < -0.3 is 5.11 Å². The minimum atomic E-state index is -0.754. The maximum atomic E-state index is 10.7. The summed E-state index contributed by atoms with van der Waals surface area (Å²) in [5.74, 6) is -1.13. The molecule has 0 aliphatic heterocycles. The number of carboxylic acid groups (broad SMARTS) is 1. The average molecular weight is 184 g/mol. The Morgan fingerprint density at radius 1 is 1.58 bits per heavy atom. The zero-order valence-electron chi connectivity index (χ0n) is 7.42. The fourth-order valence-electron chi connectivity index (χ4n) is 1.21. The third kappa shape index (κ3) is 1.67. The molecule has 2 nitrogen and oxygen atoms in total. The van der Waals surface area contributed by atoms with E-state index in [0.717, 1.165) is 10.4 Å². The van der Waals surface area contributed by atoms with E-state index in [2.05, 4.69) is 0 Å². The van der Waals surface area contributed by atoms with Gasteiger partial charge in [-0.05, 0) is 32.4 Å². The molecule has 1 aromatic heterocycles. The van der Waals surface area contributed by atoms with Crippen LogP contribution in [0, 0.1) is 13.8 Å². The van der Waals surface area contributed by atoms with Crippen molar-refractivity contribution in [2.24, 2.45) is 0 Å². The highest BCUT2D eigenvalue weighted by Crippen LogP contribution is 2.27. The van der Waals surface area contributed by atoms with Crippen molar-refractivity contribution in [3.63, 3.8) is 0 Å². The van der Waals surface area contributed by atoms with Crippen molar-refractivity contribution >= 4 is 17.3 Å². The van der Waals surface area contributed by atoms with Crippen molar-refractivity contribution in [3.05, 3.63) is 21.4 Å². The molecule has 0 aliphatic rings. The Labute approximate surface area is 75.9 Å². The molecule has 0 fully saturated rings. The smallest absolute Gasteiger partial charge is 0.310 e. The maximum absolute atomic E-state index is 10.7. The summed E-state index contributed by atoms with van der Waals surface area (Å²) in [5, 5.41) is 8.77. The average Bonchev–Trinajstić information content (AvgIpc) is 2.28. The Bertz CT molecular complexity index is 301. The second-order valence-electron chi connectivity index (χ2n) is 2.93. The van der Waals surface area contributed by atoms with Gasteiger partial charge in [0.05, 0.1) is 5.92 Å². The van der Waals surface area contributed by atoms with Gasteiger partial charge in [-0.2, -0.15) is 0 Å². The molecule has 0 saturated heterocycles. The minimum Gasteiger partial charge on any atom is -0.481 e. The molecule has 1 atom stereocenters. The van der Waals surface area contributed by atoms with Gasteiger partial charge in [-0.3, -0.25) is 4.79 Å². The minimum absolute atomic E-state index is 0.380. The van der Waals surface area contributed by atoms with Crippen LogP contribution in [0.3, 0.4) is 0 Å². The zero-order valence-corrected chi connectivity index (χ0v) is 8.23. The normalized spacial score (nSPS) is 12.9. The van der Waals surface area contributed by atoms with Gasteiger partial charge in [0, 0.05) is 9.75 Å². The van der Waals surface area contributed by atoms with E-state index in [0.29, 0.717) is 0 Å². The highest BCUT2D eigenvalue weighted by Gasteiger charge is 2.17. The van der Waals surface area contributed by atoms with Crippen LogP contribution in [0.2, 0.25) is 0 Å². The monoisotopic (exact) mass is 184 g/mol. The molecule has 0 aliphatic carbocycles. The molecule has 0 bridgehead atoms. The van der Waals surface area contributed by atoms with Crippen LogP contribution < -0.4 is 0 Å². The molecular formula is C9H12O2S. The van der Waals surface area contributed by atoms with Crippen LogP contribution in [0.15, 0.2) is 6.07 Å². The first kappa shape index (κ1) is 9.26. The molecule has 1 rings (SSSR count). The van der Waals surface area contributed by atoms with Crippen molar-refractivity contribution in [2.45, 2.75) is 26.7 Å². The third-order valence-corrected chi connectivity index (χ3v) is 2.90. The molecule has 0 saturated carbocycles. The van der Waals surface area contributed by atoms with Gasteiger partial charge in [-0.15, -0.1) is 11.3 Å².